The molecule has 0 saturated carbocycles. The predicted molar refractivity (Wildman–Crippen MR) is 142 cm³/mol. The maximum atomic E-state index is 13.6. The molecule has 4 rings (SSSR count). The Hall–Kier alpha value is -4.40. The lowest BCUT2D eigenvalue weighted by Gasteiger charge is -2.21. The van der Waals surface area contributed by atoms with E-state index in [0.717, 1.165) is 10.7 Å². The zero-order valence-electron chi connectivity index (χ0n) is 22.7. The maximum absolute atomic E-state index is 13.6. The molecule has 0 saturated heterocycles. The average Bonchev–Trinajstić information content (AvgIpc) is 3.64. The van der Waals surface area contributed by atoms with E-state index in [1.807, 2.05) is 0 Å². The van der Waals surface area contributed by atoms with Gasteiger partial charge >= 0.3 is 12.3 Å². The van der Waals surface area contributed by atoms with E-state index < -0.39 is 35.5 Å². The smallest absolute Gasteiger partial charge is 0.435 e. The van der Waals surface area contributed by atoms with Crippen molar-refractivity contribution in [3.8, 4) is 34.5 Å². The Morgan fingerprint density at radius 3 is 2.51 bits per heavy atom. The molecule has 0 spiro atoms. The Morgan fingerprint density at radius 1 is 1.12 bits per heavy atom. The van der Waals surface area contributed by atoms with Crippen LogP contribution in [0.3, 0.4) is 0 Å². The SMILES string of the molecule is COc1ccccc1-c1nnc(-c2cc(C(F)(F)F)nn2-c2csc(CNC(=O)C(C)NC(=O)OC(C)(C)C)c2)o1. The predicted octanol–water partition coefficient (Wildman–Crippen LogP) is 5.21. The topological polar surface area (TPSA) is 133 Å². The van der Waals surface area contributed by atoms with Gasteiger partial charge in [0.15, 0.2) is 5.69 Å². The second kappa shape index (κ2) is 11.6. The van der Waals surface area contributed by atoms with Gasteiger partial charge in [-0.25, -0.2) is 9.48 Å². The summed E-state index contributed by atoms with van der Waals surface area (Å²) in [6.07, 6.45) is -5.46. The quantitative estimate of drug-likeness (QED) is 0.285. The number of carbonyl (C=O) groups excluding carboxylic acids is 2. The van der Waals surface area contributed by atoms with Crippen LogP contribution >= 0.6 is 11.3 Å². The molecule has 0 aliphatic heterocycles. The number of nitrogens with zero attached hydrogens (tertiary/aromatic N) is 4. The Kier molecular flexibility index (Phi) is 8.37. The van der Waals surface area contributed by atoms with Gasteiger partial charge in [0.1, 0.15) is 23.1 Å². The van der Waals surface area contributed by atoms with E-state index >= 15 is 0 Å². The summed E-state index contributed by atoms with van der Waals surface area (Å²) in [5, 5.41) is 18.4. The number of alkyl carbamates (subject to hydrolysis) is 1. The van der Waals surface area contributed by atoms with Gasteiger partial charge in [0.05, 0.1) is 24.9 Å². The van der Waals surface area contributed by atoms with Gasteiger partial charge in [0.2, 0.25) is 5.91 Å². The molecule has 2 amide bonds. The second-order valence-corrected chi connectivity index (χ2v) is 10.8. The fourth-order valence-corrected chi connectivity index (χ4v) is 4.36. The number of aromatic nitrogens is 4. The van der Waals surface area contributed by atoms with E-state index in [9.17, 15) is 22.8 Å². The molecule has 0 aliphatic carbocycles. The summed E-state index contributed by atoms with van der Waals surface area (Å²) < 4.78 is 58.1. The van der Waals surface area contributed by atoms with E-state index in [2.05, 4.69) is 25.9 Å². The lowest BCUT2D eigenvalue weighted by Crippen LogP contribution is -2.46. The van der Waals surface area contributed by atoms with Crippen molar-refractivity contribution in [1.29, 1.82) is 0 Å². The first-order chi connectivity index (χ1) is 19.2. The van der Waals surface area contributed by atoms with Crippen LogP contribution in [0.4, 0.5) is 18.0 Å². The van der Waals surface area contributed by atoms with Crippen LogP contribution in [0.15, 0.2) is 46.2 Å². The zero-order chi connectivity index (χ0) is 29.9. The van der Waals surface area contributed by atoms with Crippen molar-refractivity contribution in [2.24, 2.45) is 0 Å². The molecule has 11 nitrogen and oxygen atoms in total. The average molecular weight is 593 g/mol. The first-order valence-electron chi connectivity index (χ1n) is 12.2. The number of halogens is 3. The van der Waals surface area contributed by atoms with Crippen LogP contribution in [-0.4, -0.2) is 50.7 Å². The molecule has 1 unspecified atom stereocenters. The lowest BCUT2D eigenvalue weighted by molar-refractivity contribution is -0.141. The van der Waals surface area contributed by atoms with Gasteiger partial charge in [-0.2, -0.15) is 18.3 Å². The fourth-order valence-electron chi connectivity index (χ4n) is 3.58. The van der Waals surface area contributed by atoms with Crippen LogP contribution in [0.2, 0.25) is 0 Å². The molecule has 0 aliphatic rings. The van der Waals surface area contributed by atoms with Crippen molar-refractivity contribution in [1.82, 2.24) is 30.6 Å². The number of benzene rings is 1. The van der Waals surface area contributed by atoms with E-state index in [-0.39, 0.29) is 24.0 Å². The highest BCUT2D eigenvalue weighted by Gasteiger charge is 2.36. The minimum atomic E-state index is -4.73. The van der Waals surface area contributed by atoms with Gasteiger partial charge in [-0.3, -0.25) is 4.79 Å². The van der Waals surface area contributed by atoms with Crippen molar-refractivity contribution in [3.05, 3.63) is 52.3 Å². The monoisotopic (exact) mass is 592 g/mol. The molecule has 1 atom stereocenters. The number of hydrogen-bond acceptors (Lipinski definition) is 9. The molecular weight excluding hydrogens is 565 g/mol. The minimum absolute atomic E-state index is 0.0570. The highest BCUT2D eigenvalue weighted by atomic mass is 32.1. The third kappa shape index (κ3) is 7.22. The number of methoxy groups -OCH3 is 1. The molecule has 0 bridgehead atoms. The van der Waals surface area contributed by atoms with Gasteiger partial charge < -0.3 is 24.5 Å². The molecule has 1 aromatic carbocycles. The summed E-state index contributed by atoms with van der Waals surface area (Å²) in [5.41, 5.74) is -1.17. The third-order valence-corrected chi connectivity index (χ3v) is 6.35. The Morgan fingerprint density at radius 2 is 1.83 bits per heavy atom. The van der Waals surface area contributed by atoms with Crippen molar-refractivity contribution in [3.63, 3.8) is 0 Å². The van der Waals surface area contributed by atoms with Crippen LogP contribution < -0.4 is 15.4 Å². The summed E-state index contributed by atoms with van der Waals surface area (Å²) in [7, 11) is 1.47. The maximum Gasteiger partial charge on any atom is 0.435 e. The summed E-state index contributed by atoms with van der Waals surface area (Å²) in [4.78, 5) is 25.0. The summed E-state index contributed by atoms with van der Waals surface area (Å²) >= 11 is 1.20. The zero-order valence-corrected chi connectivity index (χ0v) is 23.5. The number of amides is 2. The van der Waals surface area contributed by atoms with Gasteiger partial charge in [-0.15, -0.1) is 21.5 Å². The highest BCUT2D eigenvalue weighted by molar-refractivity contribution is 7.10. The molecule has 0 fully saturated rings. The van der Waals surface area contributed by atoms with Gasteiger partial charge in [-0.1, -0.05) is 12.1 Å². The van der Waals surface area contributed by atoms with Crippen LogP contribution in [-0.2, 0) is 22.3 Å². The molecule has 218 valence electrons. The second-order valence-electron chi connectivity index (χ2n) is 9.79. The number of nitrogens with one attached hydrogen (secondary N) is 2. The van der Waals surface area contributed by atoms with Crippen LogP contribution in [0.5, 0.6) is 5.75 Å². The molecule has 4 aromatic rings. The van der Waals surface area contributed by atoms with Crippen molar-refractivity contribution < 1.29 is 36.7 Å². The van der Waals surface area contributed by atoms with Crippen LogP contribution in [0, 0.1) is 0 Å². The Balaban J connectivity index is 1.54. The minimum Gasteiger partial charge on any atom is -0.496 e. The van der Waals surface area contributed by atoms with Gasteiger partial charge in [0, 0.05) is 16.3 Å². The molecule has 15 heteroatoms. The number of carbonyl (C=O) groups is 2. The summed E-state index contributed by atoms with van der Waals surface area (Å²) in [6.45, 7) is 6.66. The van der Waals surface area contributed by atoms with Crippen molar-refractivity contribution >= 4 is 23.3 Å². The number of para-hydroxylation sites is 1. The lowest BCUT2D eigenvalue weighted by atomic mass is 10.2. The Labute approximate surface area is 236 Å². The fraction of sp³-hybridized carbons (Fsp3) is 0.346. The van der Waals surface area contributed by atoms with Gasteiger partial charge in [0.25, 0.3) is 11.8 Å². The molecule has 0 radical (unpaired) electrons. The number of alkyl halides is 3. The standard InChI is InChI=1S/C26H27F3N6O5S/c1-14(31-24(37)40-25(2,3)4)21(36)30-12-16-10-15(13-41-16)35-18(11-20(34-35)26(27,28)29)23-33-32-22(39-23)17-8-6-7-9-19(17)38-5/h6-11,13-14H,12H2,1-5H3,(H,30,36)(H,31,37). The molecule has 2 N–H and O–H groups in total. The number of ether oxygens (including phenoxy) is 2. The Bertz CT molecular complexity index is 1540. The molecule has 3 heterocycles. The molecule has 41 heavy (non-hydrogen) atoms. The highest BCUT2D eigenvalue weighted by Crippen LogP contribution is 2.35. The van der Waals surface area contributed by atoms with E-state index in [4.69, 9.17) is 13.9 Å². The molecular formula is C26H27F3N6O5S. The van der Waals surface area contributed by atoms with Crippen LogP contribution in [0.25, 0.3) is 28.7 Å². The number of hydrogen-bond donors (Lipinski definition) is 2. The first-order valence-corrected chi connectivity index (χ1v) is 13.1. The molecule has 3 aromatic heterocycles. The number of rotatable bonds is 8. The van der Waals surface area contributed by atoms with E-state index in [0.29, 0.717) is 21.9 Å². The summed E-state index contributed by atoms with van der Waals surface area (Å²) in [5.74, 6) is -0.148. The first kappa shape index (κ1) is 29.6. The number of thiophene rings is 1. The van der Waals surface area contributed by atoms with E-state index in [1.54, 1.807) is 56.5 Å². The van der Waals surface area contributed by atoms with Crippen LogP contribution in [0.1, 0.15) is 38.3 Å². The van der Waals surface area contributed by atoms with E-state index in [1.165, 1.54) is 25.4 Å². The van der Waals surface area contributed by atoms with Crippen molar-refractivity contribution in [2.75, 3.05) is 7.11 Å². The third-order valence-electron chi connectivity index (χ3n) is 5.43. The largest absolute Gasteiger partial charge is 0.496 e. The summed E-state index contributed by atoms with van der Waals surface area (Å²) in [6, 6.07) is 8.36. The van der Waals surface area contributed by atoms with Crippen molar-refractivity contribution in [2.45, 2.75) is 52.1 Å². The van der Waals surface area contributed by atoms with Gasteiger partial charge in [-0.05, 0) is 45.9 Å². The normalized spacial score (nSPS) is 12.6.